The molecule has 0 saturated carbocycles. The van der Waals surface area contributed by atoms with Crippen LogP contribution in [0.2, 0.25) is 0 Å². The molecule has 2 saturated heterocycles. The van der Waals surface area contributed by atoms with Crippen LogP contribution < -0.4 is 0 Å². The van der Waals surface area contributed by atoms with Gasteiger partial charge in [0.25, 0.3) is 10.2 Å². The van der Waals surface area contributed by atoms with E-state index in [0.29, 0.717) is 32.8 Å². The zero-order valence-electron chi connectivity index (χ0n) is 14.0. The molecule has 7 nitrogen and oxygen atoms in total. The second-order valence-electron chi connectivity index (χ2n) is 6.99. The first-order chi connectivity index (χ1) is 10.8. The number of rotatable bonds is 3. The molecule has 0 aromatic carbocycles. The van der Waals surface area contributed by atoms with Crippen LogP contribution in [0.3, 0.4) is 0 Å². The van der Waals surface area contributed by atoms with Crippen molar-refractivity contribution in [3.8, 4) is 0 Å². The maximum atomic E-state index is 12.8. The number of aryl methyl sites for hydroxylation is 1. The van der Waals surface area contributed by atoms with Gasteiger partial charge in [0.15, 0.2) is 0 Å². The molecule has 3 rings (SSSR count). The van der Waals surface area contributed by atoms with Crippen molar-refractivity contribution in [1.82, 2.24) is 13.8 Å². The third-order valence-corrected chi connectivity index (χ3v) is 6.53. The lowest BCUT2D eigenvalue weighted by atomic mass is 9.95. The van der Waals surface area contributed by atoms with E-state index in [9.17, 15) is 8.42 Å². The molecule has 1 aromatic rings. The van der Waals surface area contributed by atoms with Gasteiger partial charge in [-0.05, 0) is 33.6 Å². The van der Waals surface area contributed by atoms with E-state index in [1.807, 2.05) is 26.8 Å². The van der Waals surface area contributed by atoms with Gasteiger partial charge in [0.2, 0.25) is 0 Å². The van der Waals surface area contributed by atoms with Crippen LogP contribution in [0.5, 0.6) is 0 Å². The minimum Gasteiger partial charge on any atom is -0.373 e. The van der Waals surface area contributed by atoms with Gasteiger partial charge in [-0.1, -0.05) is 5.16 Å². The fourth-order valence-electron chi connectivity index (χ4n) is 3.28. The van der Waals surface area contributed by atoms with Crippen LogP contribution in [-0.4, -0.2) is 60.6 Å². The fourth-order valence-corrected chi connectivity index (χ4v) is 5.06. The van der Waals surface area contributed by atoms with Gasteiger partial charge in [-0.15, -0.1) is 0 Å². The van der Waals surface area contributed by atoms with E-state index in [1.54, 1.807) is 8.61 Å². The Morgan fingerprint density at radius 3 is 2.48 bits per heavy atom. The molecule has 0 unspecified atom stereocenters. The van der Waals surface area contributed by atoms with Crippen molar-refractivity contribution in [3.05, 3.63) is 17.5 Å². The highest BCUT2D eigenvalue weighted by molar-refractivity contribution is 7.86. The van der Waals surface area contributed by atoms with Crippen LogP contribution in [0.1, 0.15) is 44.1 Å². The summed E-state index contributed by atoms with van der Waals surface area (Å²) in [5.74, 6) is 1.12. The number of morpholine rings is 1. The smallest absolute Gasteiger partial charge is 0.282 e. The highest BCUT2D eigenvalue weighted by atomic mass is 32.2. The van der Waals surface area contributed by atoms with Crippen molar-refractivity contribution in [2.75, 3.05) is 32.8 Å². The van der Waals surface area contributed by atoms with Gasteiger partial charge < -0.3 is 9.26 Å². The lowest BCUT2D eigenvalue weighted by molar-refractivity contribution is -0.0653. The Balaban J connectivity index is 1.64. The van der Waals surface area contributed by atoms with Crippen LogP contribution >= 0.6 is 0 Å². The van der Waals surface area contributed by atoms with E-state index >= 15 is 0 Å². The van der Waals surface area contributed by atoms with E-state index in [-0.39, 0.29) is 5.92 Å². The molecule has 0 aliphatic carbocycles. The fraction of sp³-hybridized carbons (Fsp3) is 0.800. The highest BCUT2D eigenvalue weighted by Crippen LogP contribution is 2.31. The summed E-state index contributed by atoms with van der Waals surface area (Å²) < 4.78 is 39.7. The minimum absolute atomic E-state index is 0.254. The van der Waals surface area contributed by atoms with E-state index in [0.717, 1.165) is 24.3 Å². The summed E-state index contributed by atoms with van der Waals surface area (Å²) in [6.45, 7) is 8.05. The summed E-state index contributed by atoms with van der Waals surface area (Å²) in [5.41, 5.74) is 0.437. The maximum Gasteiger partial charge on any atom is 0.282 e. The summed E-state index contributed by atoms with van der Waals surface area (Å²) in [5, 5.41) is 3.92. The average molecular weight is 343 g/mol. The predicted octanol–water partition coefficient (Wildman–Crippen LogP) is 1.52. The molecular weight excluding hydrogens is 318 g/mol. The van der Waals surface area contributed by atoms with Gasteiger partial charge in [-0.3, -0.25) is 0 Å². The van der Waals surface area contributed by atoms with Crippen molar-refractivity contribution in [2.24, 2.45) is 0 Å². The molecule has 8 heteroatoms. The molecule has 1 aromatic heterocycles. The predicted molar refractivity (Wildman–Crippen MR) is 85.3 cm³/mol. The van der Waals surface area contributed by atoms with E-state index in [1.165, 1.54) is 0 Å². The van der Waals surface area contributed by atoms with Crippen molar-refractivity contribution >= 4 is 10.2 Å². The molecule has 2 aliphatic rings. The van der Waals surface area contributed by atoms with Crippen molar-refractivity contribution < 1.29 is 17.7 Å². The maximum absolute atomic E-state index is 12.8. The zero-order chi connectivity index (χ0) is 16.7. The van der Waals surface area contributed by atoms with Crippen LogP contribution in [0, 0.1) is 6.92 Å². The van der Waals surface area contributed by atoms with Crippen molar-refractivity contribution in [3.63, 3.8) is 0 Å². The Bertz CT molecular complexity index is 647. The van der Waals surface area contributed by atoms with E-state index in [2.05, 4.69) is 5.16 Å². The van der Waals surface area contributed by atoms with Crippen LogP contribution in [0.25, 0.3) is 0 Å². The van der Waals surface area contributed by atoms with Crippen LogP contribution in [0.4, 0.5) is 0 Å². The highest BCUT2D eigenvalue weighted by Gasteiger charge is 2.39. The summed E-state index contributed by atoms with van der Waals surface area (Å²) in [7, 11) is -3.42. The molecule has 3 heterocycles. The normalized spacial score (nSPS) is 24.8. The third kappa shape index (κ3) is 3.60. The Morgan fingerprint density at radius 2 is 1.91 bits per heavy atom. The monoisotopic (exact) mass is 343 g/mol. The van der Waals surface area contributed by atoms with Crippen molar-refractivity contribution in [2.45, 2.75) is 45.1 Å². The molecule has 0 bridgehead atoms. The number of hydrogen-bond acceptors (Lipinski definition) is 5. The molecular formula is C15H25N3O4S. The molecule has 2 aliphatic heterocycles. The molecule has 0 amide bonds. The van der Waals surface area contributed by atoms with Gasteiger partial charge in [0.05, 0.1) is 17.9 Å². The molecule has 0 spiro atoms. The zero-order valence-corrected chi connectivity index (χ0v) is 14.8. The number of piperidine rings is 1. The average Bonchev–Trinajstić information content (AvgIpc) is 2.93. The van der Waals surface area contributed by atoms with Crippen LogP contribution in [-0.2, 0) is 14.9 Å². The second-order valence-corrected chi connectivity index (χ2v) is 8.92. The van der Waals surface area contributed by atoms with Crippen LogP contribution in [0.15, 0.2) is 10.6 Å². The molecule has 0 atom stereocenters. The Labute approximate surface area is 137 Å². The molecule has 0 N–H and O–H groups in total. The number of aromatic nitrogens is 1. The first-order valence-corrected chi connectivity index (χ1v) is 9.50. The standard InChI is InChI=1S/C15H25N3O4S/c1-12-10-14(22-16-12)13-4-6-17(7-5-13)23(19,20)18-8-9-21-15(2,3)11-18/h10,13H,4-9,11H2,1-3H3. The Hall–Kier alpha value is -0.960. The third-order valence-electron chi connectivity index (χ3n) is 4.55. The van der Waals surface area contributed by atoms with E-state index in [4.69, 9.17) is 9.26 Å². The van der Waals surface area contributed by atoms with Crippen molar-refractivity contribution in [1.29, 1.82) is 0 Å². The summed E-state index contributed by atoms with van der Waals surface area (Å²) in [6.07, 6.45) is 1.53. The lowest BCUT2D eigenvalue weighted by Crippen LogP contribution is -2.55. The van der Waals surface area contributed by atoms with Gasteiger partial charge in [0, 0.05) is 38.2 Å². The first kappa shape index (κ1) is 16.9. The molecule has 23 heavy (non-hydrogen) atoms. The van der Waals surface area contributed by atoms with E-state index < -0.39 is 15.8 Å². The molecule has 130 valence electrons. The first-order valence-electron chi connectivity index (χ1n) is 8.10. The lowest BCUT2D eigenvalue weighted by Gasteiger charge is -2.40. The van der Waals surface area contributed by atoms with Gasteiger partial charge in [0.1, 0.15) is 5.76 Å². The summed E-state index contributed by atoms with van der Waals surface area (Å²) in [4.78, 5) is 0. The Kier molecular flexibility index (Phi) is 4.52. The van der Waals surface area contributed by atoms with Gasteiger partial charge in [-0.2, -0.15) is 17.0 Å². The number of ether oxygens (including phenoxy) is 1. The number of nitrogens with zero attached hydrogens (tertiary/aromatic N) is 3. The summed E-state index contributed by atoms with van der Waals surface area (Å²) >= 11 is 0. The summed E-state index contributed by atoms with van der Waals surface area (Å²) in [6, 6.07) is 1.94. The Morgan fingerprint density at radius 1 is 1.22 bits per heavy atom. The largest absolute Gasteiger partial charge is 0.373 e. The second kappa shape index (κ2) is 6.16. The quantitative estimate of drug-likeness (QED) is 0.832. The number of hydrogen-bond donors (Lipinski definition) is 0. The molecule has 2 fully saturated rings. The van der Waals surface area contributed by atoms with Gasteiger partial charge >= 0.3 is 0 Å². The van der Waals surface area contributed by atoms with Gasteiger partial charge in [-0.25, -0.2) is 0 Å². The SMILES string of the molecule is Cc1cc(C2CCN(S(=O)(=O)N3CCOC(C)(C)C3)CC2)on1. The molecule has 0 radical (unpaired) electrons. The minimum atomic E-state index is -3.42. The topological polar surface area (TPSA) is 75.9 Å².